The van der Waals surface area contributed by atoms with Gasteiger partial charge in [0, 0.05) is 11.6 Å². The number of aryl methyl sites for hydroxylation is 1. The Morgan fingerprint density at radius 2 is 2.00 bits per heavy atom. The molecule has 0 aliphatic rings. The molecule has 0 radical (unpaired) electrons. The number of pyridine rings is 1. The van der Waals surface area contributed by atoms with E-state index < -0.39 is 11.3 Å². The largest absolute Gasteiger partial charge is 0.365 e. The number of rotatable bonds is 2. The van der Waals surface area contributed by atoms with Crippen LogP contribution in [0, 0.1) is 6.92 Å². The fourth-order valence-corrected chi connectivity index (χ4v) is 2.17. The van der Waals surface area contributed by atoms with Gasteiger partial charge in [0.25, 0.3) is 5.91 Å². The second kappa shape index (κ2) is 4.34. The van der Waals surface area contributed by atoms with Crippen LogP contribution in [0.2, 0.25) is 0 Å². The summed E-state index contributed by atoms with van der Waals surface area (Å²) in [7, 11) is 0. The van der Waals surface area contributed by atoms with Crippen LogP contribution in [0.4, 0.5) is 0 Å². The third-order valence-corrected chi connectivity index (χ3v) is 3.16. The summed E-state index contributed by atoms with van der Waals surface area (Å²) in [5.74, 6) is -0.782. The molecule has 3 N–H and O–H groups in total. The molecule has 0 unspecified atom stereocenters. The molecule has 0 bridgehead atoms. The first kappa shape index (κ1) is 12.2. The summed E-state index contributed by atoms with van der Waals surface area (Å²) < 4.78 is 1.58. The van der Waals surface area contributed by atoms with Crippen LogP contribution in [-0.4, -0.2) is 20.5 Å². The van der Waals surface area contributed by atoms with Gasteiger partial charge in [0.15, 0.2) is 11.1 Å². The number of fused-ring (bicyclic) bond motifs is 1. The lowest BCUT2D eigenvalue weighted by atomic mass is 10.1. The Hall–Kier alpha value is -2.89. The molecule has 6 nitrogen and oxygen atoms in total. The summed E-state index contributed by atoms with van der Waals surface area (Å²) in [6.45, 7) is 1.98. The van der Waals surface area contributed by atoms with Crippen LogP contribution < -0.4 is 11.2 Å². The van der Waals surface area contributed by atoms with Gasteiger partial charge in [-0.1, -0.05) is 29.8 Å². The first-order valence-corrected chi connectivity index (χ1v) is 6.04. The minimum absolute atomic E-state index is 0.109. The summed E-state index contributed by atoms with van der Waals surface area (Å²) in [5.41, 5.74) is 7.54. The number of carbonyl (C=O) groups is 1. The smallest absolute Gasteiger partial charge is 0.256 e. The maximum Gasteiger partial charge on any atom is 0.256 e. The van der Waals surface area contributed by atoms with Crippen molar-refractivity contribution in [2.45, 2.75) is 6.92 Å². The van der Waals surface area contributed by atoms with Gasteiger partial charge in [0.1, 0.15) is 11.9 Å². The average Bonchev–Trinajstić information content (AvgIpc) is 2.87. The molecule has 0 saturated heterocycles. The van der Waals surface area contributed by atoms with Crippen molar-refractivity contribution in [2.75, 3.05) is 0 Å². The van der Waals surface area contributed by atoms with E-state index in [1.54, 1.807) is 4.52 Å². The van der Waals surface area contributed by atoms with Gasteiger partial charge >= 0.3 is 0 Å². The molecule has 0 aliphatic heterocycles. The molecule has 0 saturated carbocycles. The predicted octanol–water partition coefficient (Wildman–Crippen LogP) is 1.10. The van der Waals surface area contributed by atoms with E-state index in [1.165, 1.54) is 12.4 Å². The van der Waals surface area contributed by atoms with E-state index in [0.717, 1.165) is 11.1 Å². The molecule has 100 valence electrons. The second-order valence-corrected chi connectivity index (χ2v) is 4.55. The quantitative estimate of drug-likeness (QED) is 0.728. The fraction of sp³-hybridized carbons (Fsp3) is 0.0714. The van der Waals surface area contributed by atoms with Crippen molar-refractivity contribution in [3.05, 3.63) is 58.0 Å². The van der Waals surface area contributed by atoms with Gasteiger partial charge in [0.2, 0.25) is 0 Å². The predicted molar refractivity (Wildman–Crippen MR) is 74.5 cm³/mol. The van der Waals surface area contributed by atoms with E-state index in [0.29, 0.717) is 5.69 Å². The van der Waals surface area contributed by atoms with Crippen molar-refractivity contribution >= 4 is 11.6 Å². The summed E-state index contributed by atoms with van der Waals surface area (Å²) >= 11 is 0. The number of primary amides is 1. The van der Waals surface area contributed by atoms with Crippen LogP contribution in [0.25, 0.3) is 16.9 Å². The Morgan fingerprint density at radius 1 is 1.30 bits per heavy atom. The normalized spacial score (nSPS) is 10.8. The van der Waals surface area contributed by atoms with Crippen molar-refractivity contribution in [3.8, 4) is 11.3 Å². The molecule has 2 heterocycles. The first-order valence-electron chi connectivity index (χ1n) is 6.04. The van der Waals surface area contributed by atoms with Gasteiger partial charge in [-0.05, 0) is 6.92 Å². The molecule has 2 aromatic heterocycles. The summed E-state index contributed by atoms with van der Waals surface area (Å²) in [6.07, 6.45) is 1.42. The lowest BCUT2D eigenvalue weighted by Gasteiger charge is -2.07. The highest BCUT2D eigenvalue weighted by atomic mass is 16.2. The molecule has 1 amide bonds. The number of nitrogens with one attached hydrogen (secondary N) is 1. The summed E-state index contributed by atoms with van der Waals surface area (Å²) in [4.78, 5) is 27.5. The van der Waals surface area contributed by atoms with Crippen molar-refractivity contribution < 1.29 is 4.79 Å². The maximum absolute atomic E-state index is 12.1. The molecule has 0 aliphatic carbocycles. The first-order chi connectivity index (χ1) is 9.58. The topological polar surface area (TPSA) is 93.2 Å². The molecule has 0 atom stereocenters. The number of carbonyl (C=O) groups excluding carboxylic acids is 1. The lowest BCUT2D eigenvalue weighted by Crippen LogP contribution is -2.23. The minimum Gasteiger partial charge on any atom is -0.365 e. The zero-order valence-electron chi connectivity index (χ0n) is 10.8. The Bertz CT molecular complexity index is 859. The highest BCUT2D eigenvalue weighted by molar-refractivity contribution is 5.99. The maximum atomic E-state index is 12.1. The molecule has 20 heavy (non-hydrogen) atoms. The number of hydrogen-bond donors (Lipinski definition) is 2. The number of aromatic nitrogens is 3. The molecular weight excluding hydrogens is 256 g/mol. The van der Waals surface area contributed by atoms with Crippen molar-refractivity contribution in [3.63, 3.8) is 0 Å². The number of aromatic amines is 1. The number of H-pyrrole nitrogens is 1. The minimum atomic E-state index is -0.782. The van der Waals surface area contributed by atoms with Gasteiger partial charge in [0.05, 0.1) is 5.69 Å². The van der Waals surface area contributed by atoms with Crippen LogP contribution in [0.15, 0.2) is 41.5 Å². The average molecular weight is 268 g/mol. The summed E-state index contributed by atoms with van der Waals surface area (Å²) in [6, 6.07) is 9.09. The summed E-state index contributed by atoms with van der Waals surface area (Å²) in [5, 5.41) is 2.88. The second-order valence-electron chi connectivity index (χ2n) is 4.55. The molecular formula is C14H12N4O2. The number of nitrogens with two attached hydrogens (primary N) is 1. The molecule has 3 aromatic rings. The zero-order valence-corrected chi connectivity index (χ0v) is 10.8. The number of benzene rings is 1. The van der Waals surface area contributed by atoms with E-state index in [4.69, 9.17) is 5.73 Å². The third-order valence-electron chi connectivity index (χ3n) is 3.16. The number of nitrogens with zero attached hydrogens (tertiary/aromatic N) is 2. The van der Waals surface area contributed by atoms with Crippen LogP contribution in [-0.2, 0) is 0 Å². The van der Waals surface area contributed by atoms with E-state index in [1.807, 2.05) is 31.2 Å². The van der Waals surface area contributed by atoms with Gasteiger partial charge < -0.3 is 5.73 Å². The van der Waals surface area contributed by atoms with E-state index in [-0.39, 0.29) is 11.2 Å². The SMILES string of the molecule is Cc1ccc(-c2cc(=O)c(C(N)=O)c3nc[nH]n23)cc1. The monoisotopic (exact) mass is 268 g/mol. The van der Waals surface area contributed by atoms with Crippen molar-refractivity contribution in [1.82, 2.24) is 14.6 Å². The van der Waals surface area contributed by atoms with Gasteiger partial charge in [-0.2, -0.15) is 0 Å². The van der Waals surface area contributed by atoms with Crippen molar-refractivity contribution in [1.29, 1.82) is 0 Å². The standard InChI is InChI=1S/C14H12N4O2/c1-8-2-4-9(5-3-8)10-6-11(19)12(13(15)20)14-16-7-17-18(10)14/h2-7H,1H3,(H2,15,20)(H,16,17). The van der Waals surface area contributed by atoms with E-state index >= 15 is 0 Å². The Morgan fingerprint density at radius 3 is 2.65 bits per heavy atom. The number of amides is 1. The highest BCUT2D eigenvalue weighted by Gasteiger charge is 2.17. The van der Waals surface area contributed by atoms with E-state index in [9.17, 15) is 9.59 Å². The molecule has 6 heteroatoms. The van der Waals surface area contributed by atoms with Gasteiger partial charge in [-0.3, -0.25) is 14.7 Å². The molecule has 3 rings (SSSR count). The Kier molecular flexibility index (Phi) is 2.64. The van der Waals surface area contributed by atoms with E-state index in [2.05, 4.69) is 10.1 Å². The van der Waals surface area contributed by atoms with Crippen LogP contribution in [0.5, 0.6) is 0 Å². The van der Waals surface area contributed by atoms with Crippen LogP contribution in [0.1, 0.15) is 15.9 Å². The highest BCUT2D eigenvalue weighted by Crippen LogP contribution is 2.19. The molecule has 0 spiro atoms. The Balaban J connectivity index is 2.36. The lowest BCUT2D eigenvalue weighted by molar-refractivity contribution is 0.100. The third kappa shape index (κ3) is 1.78. The van der Waals surface area contributed by atoms with Crippen LogP contribution >= 0.6 is 0 Å². The number of hydrogen-bond acceptors (Lipinski definition) is 3. The Labute approximate surface area is 113 Å². The van der Waals surface area contributed by atoms with Gasteiger partial charge in [-0.15, -0.1) is 0 Å². The van der Waals surface area contributed by atoms with Gasteiger partial charge in [-0.25, -0.2) is 9.50 Å². The zero-order chi connectivity index (χ0) is 14.3. The van der Waals surface area contributed by atoms with Crippen LogP contribution in [0.3, 0.4) is 0 Å². The molecule has 1 aromatic carbocycles. The van der Waals surface area contributed by atoms with Crippen molar-refractivity contribution in [2.24, 2.45) is 5.73 Å². The fourth-order valence-electron chi connectivity index (χ4n) is 2.17. The molecule has 0 fully saturated rings.